The van der Waals surface area contributed by atoms with Crippen molar-refractivity contribution in [3.63, 3.8) is 0 Å². The summed E-state index contributed by atoms with van der Waals surface area (Å²) in [4.78, 5) is 67.9. The van der Waals surface area contributed by atoms with Crippen LogP contribution in [-0.2, 0) is 85.8 Å². The Morgan fingerprint density at radius 2 is 0.523 bits per heavy atom. The van der Waals surface area contributed by atoms with Crippen LogP contribution < -0.4 is 29.4 Å². The van der Waals surface area contributed by atoms with Crippen molar-refractivity contribution >= 4 is 72.5 Å². The Balaban J connectivity index is 0.0000168. The van der Waals surface area contributed by atoms with Gasteiger partial charge in [-0.2, -0.15) is 79.0 Å². The lowest BCUT2D eigenvalue weighted by Crippen LogP contribution is -2.59. The standard InChI is InChI=1S/C93H102F18N12O7P.ClH/c1-58-22-16-19-25-70(58)73-49-79(112-52-76(73)115(10)82(124)85(4,5)61-40-64(88(94,95)96)46-65(41-61)89(97,98)99)118-28-34-121(13,35-29-118)55-128-131(127,129-56-122(14)36-30-119(31-37-122)80-50-74(71-26-20-17-23-59(71)2)77(53-113-80)116(11)83(125)86(6,7)62-42-66(90(100,101)102)47-67(43-62)91(103,104)105)130-57-123(15)38-32-120(33-39-123)81-51-75(72-27-21-18-24-60(72)3)78(54-114-81)117(12)84(126)87(8,9)63-44-68(92(106,107)108)48-69(45-63)93(109,110)111;/h16-27,40-54H,28-39,55-57H2,1-15H3;1H/q+3;. The molecule has 0 N–H and O–H groups in total. The highest BCUT2D eigenvalue weighted by molar-refractivity contribution is 7.48. The number of hydrogen-bond acceptors (Lipinski definition) is 13. The van der Waals surface area contributed by atoms with Crippen molar-refractivity contribution in [3.8, 4) is 33.4 Å². The van der Waals surface area contributed by atoms with Crippen molar-refractivity contribution < 1.29 is 125 Å². The fraction of sp³-hybridized carbons (Fsp3) is 0.419. The molecule has 3 saturated heterocycles. The van der Waals surface area contributed by atoms with Crippen LogP contribution in [0.2, 0.25) is 0 Å². The second-order valence-electron chi connectivity index (χ2n) is 36.4. The molecule has 132 heavy (non-hydrogen) atoms. The van der Waals surface area contributed by atoms with E-state index in [4.69, 9.17) is 28.5 Å². The zero-order chi connectivity index (χ0) is 96.5. The van der Waals surface area contributed by atoms with Crippen LogP contribution >= 0.6 is 20.2 Å². The van der Waals surface area contributed by atoms with E-state index in [9.17, 15) is 93.4 Å². The number of phosphoric acid groups is 1. The minimum Gasteiger partial charge on any atom is -0.345 e. The van der Waals surface area contributed by atoms with Crippen LogP contribution in [0.25, 0.3) is 33.4 Å². The highest BCUT2D eigenvalue weighted by atomic mass is 35.5. The fourth-order valence-corrected chi connectivity index (χ4v) is 18.0. The molecule has 3 aliphatic rings. The predicted octanol–water partition coefficient (Wildman–Crippen LogP) is 21.4. The average Bonchev–Trinajstić information content (AvgIpc) is 0.763. The average molecular weight is 1910 g/mol. The topological polar surface area (TPSA) is 154 Å². The van der Waals surface area contributed by atoms with Gasteiger partial charge in [0, 0.05) is 37.8 Å². The van der Waals surface area contributed by atoms with Crippen molar-refractivity contribution in [1.82, 2.24) is 15.0 Å². The first-order valence-electron chi connectivity index (χ1n) is 41.8. The van der Waals surface area contributed by atoms with E-state index in [2.05, 4.69) is 0 Å². The van der Waals surface area contributed by atoms with Crippen LogP contribution in [0.4, 0.5) is 114 Å². The van der Waals surface area contributed by atoms with Crippen molar-refractivity contribution in [2.45, 2.75) is 116 Å². The maximum absolute atomic E-state index is 15.9. The SMILES string of the molecule is Cc1ccccc1-c1cc(N2CC[N+](C)(COP(=O)(OC[N+]3(C)CCN(c4cc(-c5ccccc5C)c(N(C)C(=O)C(C)(C)c5cc(C(F)(F)F)cc(C(F)(F)F)c5)cn4)CC3)OC[N+]3(C)CCN(c4cc(-c5ccccc5C)c(N(C)C(=O)C(C)(C)c5cc(C(F)(F)F)cc(C(F)(F)F)c5)cn4)CC3)CC2)ncc1N(C)C(=O)C(C)(C)c1cc(C(F)(F)F)cc(C(F)(F)F)c1.Cl. The van der Waals surface area contributed by atoms with Crippen LogP contribution in [-0.4, -0.2) is 187 Å². The number of benzene rings is 6. The van der Waals surface area contributed by atoms with Gasteiger partial charge in [-0.05, 0) is 185 Å². The van der Waals surface area contributed by atoms with E-state index < -0.39 is 129 Å². The Labute approximate surface area is 759 Å². The molecule has 0 spiro atoms. The monoisotopic (exact) mass is 1910 g/mol. The van der Waals surface area contributed by atoms with E-state index in [-0.39, 0.29) is 81.3 Å². The number of halogens is 19. The molecule has 12 rings (SSSR count). The molecule has 3 amide bonds. The maximum atomic E-state index is 15.9. The smallest absolute Gasteiger partial charge is 0.345 e. The molecule has 3 fully saturated rings. The van der Waals surface area contributed by atoms with Gasteiger partial charge in [-0.15, -0.1) is 12.4 Å². The highest BCUT2D eigenvalue weighted by Crippen LogP contribution is 2.53. The molecule has 0 aliphatic carbocycles. The Hall–Kier alpha value is -10.4. The molecule has 6 aromatic carbocycles. The number of aryl methyl sites for hydroxylation is 3. The van der Waals surface area contributed by atoms with Gasteiger partial charge in [0.05, 0.1) is 185 Å². The minimum atomic E-state index is -5.18. The van der Waals surface area contributed by atoms with E-state index in [1.807, 2.05) is 74.8 Å². The number of aromatic nitrogens is 3. The summed E-state index contributed by atoms with van der Waals surface area (Å²) in [5, 5.41) is 0. The molecule has 0 unspecified atom stereocenters. The van der Waals surface area contributed by atoms with Gasteiger partial charge in [0.2, 0.25) is 17.7 Å². The number of carbonyl (C=O) groups excluding carboxylic acids is 3. The third-order valence-electron chi connectivity index (χ3n) is 25.5. The summed E-state index contributed by atoms with van der Waals surface area (Å²) in [6, 6.07) is 30.0. The van der Waals surface area contributed by atoms with E-state index >= 15 is 4.57 Å². The summed E-state index contributed by atoms with van der Waals surface area (Å²) >= 11 is 0. The summed E-state index contributed by atoms with van der Waals surface area (Å²) in [5.74, 6) is -1.19. The number of pyridine rings is 3. The lowest BCUT2D eigenvalue weighted by Gasteiger charge is -2.44. The maximum Gasteiger partial charge on any atom is 0.488 e. The Bertz CT molecular complexity index is 5170. The third-order valence-corrected chi connectivity index (χ3v) is 26.7. The molecule has 0 atom stereocenters. The Kier molecular flexibility index (Phi) is 29.0. The number of alkyl halides is 18. The van der Waals surface area contributed by atoms with Crippen LogP contribution in [0, 0.1) is 20.8 Å². The van der Waals surface area contributed by atoms with Gasteiger partial charge in [0.15, 0.2) is 20.2 Å². The summed E-state index contributed by atoms with van der Waals surface area (Å²) in [5.41, 5.74) is -10.8. The zero-order valence-electron chi connectivity index (χ0n) is 75.1. The molecule has 712 valence electrons. The highest BCUT2D eigenvalue weighted by Gasteiger charge is 2.49. The predicted molar refractivity (Wildman–Crippen MR) is 469 cm³/mol. The van der Waals surface area contributed by atoms with Gasteiger partial charge in [0.1, 0.15) is 17.5 Å². The molecule has 3 aliphatic heterocycles. The molecule has 0 radical (unpaired) electrons. The second-order valence-corrected chi connectivity index (χ2v) is 38.0. The van der Waals surface area contributed by atoms with Gasteiger partial charge in [-0.1, -0.05) is 72.8 Å². The van der Waals surface area contributed by atoms with Crippen LogP contribution in [0.1, 0.15) is 108 Å². The number of piperazine rings is 3. The fourth-order valence-electron chi connectivity index (χ4n) is 16.5. The number of amides is 3. The Morgan fingerprint density at radius 1 is 0.333 bits per heavy atom. The van der Waals surface area contributed by atoms with Gasteiger partial charge in [-0.25, -0.2) is 33.1 Å². The first kappa shape index (κ1) is 102. The van der Waals surface area contributed by atoms with Gasteiger partial charge in [0.25, 0.3) is 0 Å². The van der Waals surface area contributed by atoms with Crippen LogP contribution in [0.15, 0.2) is 164 Å². The van der Waals surface area contributed by atoms with Crippen molar-refractivity contribution in [2.75, 3.05) is 170 Å². The molecule has 6 heterocycles. The molecule has 9 aromatic rings. The van der Waals surface area contributed by atoms with E-state index in [1.165, 1.54) is 81.3 Å². The van der Waals surface area contributed by atoms with Crippen LogP contribution in [0.3, 0.4) is 0 Å². The molecule has 39 heteroatoms. The number of likely N-dealkylation sites (N-methyl/N-ethyl adjacent to an activating group) is 6. The first-order valence-corrected chi connectivity index (χ1v) is 43.2. The Morgan fingerprint density at radius 3 is 0.712 bits per heavy atom. The normalized spacial score (nSPS) is 16.1. The van der Waals surface area contributed by atoms with Gasteiger partial charge in [-0.3, -0.25) is 14.4 Å². The number of quaternary nitrogens is 3. The summed E-state index contributed by atoms with van der Waals surface area (Å²) in [7, 11) is 5.10. The van der Waals surface area contributed by atoms with Crippen molar-refractivity contribution in [1.29, 1.82) is 0 Å². The van der Waals surface area contributed by atoms with Gasteiger partial charge < -0.3 is 42.8 Å². The number of phosphoric ester groups is 1. The first-order chi connectivity index (χ1) is 60.5. The number of carbonyl (C=O) groups is 3. The second kappa shape index (κ2) is 37.5. The van der Waals surface area contributed by atoms with E-state index in [1.54, 1.807) is 72.8 Å². The van der Waals surface area contributed by atoms with Crippen LogP contribution in [0.5, 0.6) is 0 Å². The lowest BCUT2D eigenvalue weighted by molar-refractivity contribution is -0.931. The van der Waals surface area contributed by atoms with E-state index in [0.717, 1.165) is 31.4 Å². The lowest BCUT2D eigenvalue weighted by atomic mass is 9.81. The van der Waals surface area contributed by atoms with Gasteiger partial charge >= 0.3 is 44.9 Å². The largest absolute Gasteiger partial charge is 0.488 e. The minimum absolute atomic E-state index is 0. The number of rotatable bonds is 24. The zero-order valence-corrected chi connectivity index (χ0v) is 76.8. The van der Waals surface area contributed by atoms with E-state index in [0.29, 0.717) is 166 Å². The summed E-state index contributed by atoms with van der Waals surface area (Å²) in [6.07, 6.45) is -26.8. The quantitative estimate of drug-likeness (QED) is 0.0320. The molecule has 19 nitrogen and oxygen atoms in total. The molecular weight excluding hydrogens is 1810 g/mol. The summed E-state index contributed by atoms with van der Waals surface area (Å²) in [6.45, 7) is 16.2. The molecule has 0 bridgehead atoms. The van der Waals surface area contributed by atoms with Crippen molar-refractivity contribution in [3.05, 3.63) is 231 Å². The number of anilines is 6. The number of nitrogens with zero attached hydrogens (tertiary/aromatic N) is 12. The number of hydrogen-bond donors (Lipinski definition) is 0. The summed E-state index contributed by atoms with van der Waals surface area (Å²) < 4.78 is 291. The molecular formula is C93H103ClF18N12O7P+3. The third kappa shape index (κ3) is 22.3. The molecule has 3 aromatic heterocycles. The molecule has 0 saturated carbocycles. The van der Waals surface area contributed by atoms with Crippen molar-refractivity contribution in [2.24, 2.45) is 0 Å².